The van der Waals surface area contributed by atoms with Gasteiger partial charge < -0.3 is 36.2 Å². The Morgan fingerprint density at radius 2 is 1.47 bits per heavy atom. The zero-order valence-corrected chi connectivity index (χ0v) is 20.6. The Morgan fingerprint density at radius 3 is 1.94 bits per heavy atom. The first-order chi connectivity index (χ1) is 15.2. The summed E-state index contributed by atoms with van der Waals surface area (Å²) in [6, 6.07) is 4.25. The third-order valence-corrected chi connectivity index (χ3v) is 3.80. The molecule has 0 saturated heterocycles. The first kappa shape index (κ1) is 31.3. The lowest BCUT2D eigenvalue weighted by Crippen LogP contribution is -2.31. The Hall–Kier alpha value is -2.85. The number of carboxylic acid groups (broad SMARTS) is 1. The van der Waals surface area contributed by atoms with Gasteiger partial charge >= 0.3 is 12.0 Å². The molecular formula is C22H42N6O4. The molecule has 10 heteroatoms. The van der Waals surface area contributed by atoms with Crippen LogP contribution in [0.5, 0.6) is 0 Å². The van der Waals surface area contributed by atoms with Gasteiger partial charge in [0.1, 0.15) is 0 Å². The van der Waals surface area contributed by atoms with Crippen LogP contribution in [0.15, 0.2) is 18.2 Å². The molecule has 0 aliphatic carbocycles. The van der Waals surface area contributed by atoms with Crippen molar-refractivity contribution in [3.63, 3.8) is 0 Å². The maximum Gasteiger partial charge on any atom is 0.335 e. The maximum atomic E-state index is 11.7. The smallest absolute Gasteiger partial charge is 0.335 e. The largest absolute Gasteiger partial charge is 0.478 e. The average molecular weight is 455 g/mol. The number of benzene rings is 1. The molecule has 0 saturated carbocycles. The van der Waals surface area contributed by atoms with Crippen LogP contribution in [-0.2, 0) is 4.79 Å². The molecule has 10 nitrogen and oxygen atoms in total. The van der Waals surface area contributed by atoms with Crippen LogP contribution in [0.2, 0.25) is 0 Å². The summed E-state index contributed by atoms with van der Waals surface area (Å²) in [5.41, 5.74) is 1.17. The average Bonchev–Trinajstić information content (AvgIpc) is 2.75. The maximum absolute atomic E-state index is 11.7. The molecule has 0 spiro atoms. The number of carbonyl (C=O) groups excluding carboxylic acids is 2. The summed E-state index contributed by atoms with van der Waals surface area (Å²) in [4.78, 5) is 36.6. The summed E-state index contributed by atoms with van der Waals surface area (Å²) in [5, 5.41) is 19.8. The molecule has 32 heavy (non-hydrogen) atoms. The van der Waals surface area contributed by atoms with E-state index in [4.69, 9.17) is 5.11 Å². The first-order valence-electron chi connectivity index (χ1n) is 10.8. The number of rotatable bonds is 12. The second-order valence-electron chi connectivity index (χ2n) is 7.12. The number of amides is 3. The molecule has 0 radical (unpaired) electrons. The minimum absolute atomic E-state index is 0.116. The fraction of sp³-hybridized carbons (Fsp3) is 0.591. The van der Waals surface area contributed by atoms with Crippen molar-refractivity contribution in [2.45, 2.75) is 26.7 Å². The summed E-state index contributed by atoms with van der Waals surface area (Å²) in [6.07, 6.45) is 2.60. The van der Waals surface area contributed by atoms with Crippen LogP contribution in [0, 0.1) is 0 Å². The number of anilines is 2. The number of hydrogen-bond acceptors (Lipinski definition) is 6. The van der Waals surface area contributed by atoms with Crippen LogP contribution in [0.25, 0.3) is 0 Å². The summed E-state index contributed by atoms with van der Waals surface area (Å²) < 4.78 is 0. The molecule has 0 aromatic heterocycles. The van der Waals surface area contributed by atoms with Crippen molar-refractivity contribution in [1.29, 1.82) is 0 Å². The molecular weight excluding hydrogens is 412 g/mol. The molecule has 3 amide bonds. The van der Waals surface area contributed by atoms with Crippen LogP contribution in [0.4, 0.5) is 16.2 Å². The van der Waals surface area contributed by atoms with E-state index in [1.165, 1.54) is 12.1 Å². The number of urea groups is 1. The van der Waals surface area contributed by atoms with Crippen molar-refractivity contribution in [1.82, 2.24) is 20.4 Å². The number of hydrogen-bond donors (Lipinski definition) is 5. The molecule has 0 bridgehead atoms. The van der Waals surface area contributed by atoms with E-state index >= 15 is 0 Å². The second-order valence-corrected chi connectivity index (χ2v) is 7.12. The summed E-state index contributed by atoms with van der Waals surface area (Å²) in [6.45, 7) is 7.25. The quantitative estimate of drug-likeness (QED) is 0.242. The van der Waals surface area contributed by atoms with Gasteiger partial charge in [-0.1, -0.05) is 13.8 Å². The minimum atomic E-state index is -1.04. The standard InChI is InChI=1S/C14H22N4O3.C6H14N2O.C2H6/c1-15-11-7-10(13(19)20)8-12(9-11)17-14(21)16-5-4-6-18(2)3;1-8(2)5-3-4-7-6-9;1-2/h7-9,15H,4-6H2,1-3H3,(H,19,20)(H2,16,17,21);6H,3-5H2,1-2H3,(H,7,9);1-2H3. The number of aromatic carboxylic acids is 1. The Kier molecular flexibility index (Phi) is 19.7. The van der Waals surface area contributed by atoms with Crippen LogP contribution in [-0.4, -0.2) is 94.7 Å². The van der Waals surface area contributed by atoms with Crippen LogP contribution in [0.1, 0.15) is 37.0 Å². The highest BCUT2D eigenvalue weighted by Crippen LogP contribution is 2.18. The van der Waals surface area contributed by atoms with E-state index in [0.717, 1.165) is 38.9 Å². The Morgan fingerprint density at radius 1 is 0.938 bits per heavy atom. The third kappa shape index (κ3) is 18.0. The number of carboxylic acids is 1. The van der Waals surface area contributed by atoms with Gasteiger partial charge in [-0.2, -0.15) is 0 Å². The highest BCUT2D eigenvalue weighted by Gasteiger charge is 2.08. The second kappa shape index (κ2) is 20.1. The monoisotopic (exact) mass is 454 g/mol. The van der Waals surface area contributed by atoms with Gasteiger partial charge in [-0.05, 0) is 72.3 Å². The highest BCUT2D eigenvalue weighted by atomic mass is 16.4. The van der Waals surface area contributed by atoms with E-state index in [9.17, 15) is 14.4 Å². The normalized spacial score (nSPS) is 9.66. The van der Waals surface area contributed by atoms with E-state index in [1.54, 1.807) is 13.1 Å². The van der Waals surface area contributed by atoms with Crippen molar-refractivity contribution >= 4 is 29.8 Å². The van der Waals surface area contributed by atoms with E-state index in [2.05, 4.69) is 26.2 Å². The van der Waals surface area contributed by atoms with Crippen molar-refractivity contribution in [3.8, 4) is 0 Å². The highest BCUT2D eigenvalue weighted by molar-refractivity contribution is 5.94. The predicted octanol–water partition coefficient (Wildman–Crippen LogP) is 2.21. The molecule has 0 aliphatic heterocycles. The van der Waals surface area contributed by atoms with E-state index in [-0.39, 0.29) is 11.6 Å². The molecule has 184 valence electrons. The molecule has 0 unspecified atom stereocenters. The number of carbonyl (C=O) groups is 3. The van der Waals surface area contributed by atoms with Gasteiger partial charge in [-0.25, -0.2) is 9.59 Å². The molecule has 0 heterocycles. The molecule has 1 rings (SSSR count). The number of nitrogens with zero attached hydrogens (tertiary/aromatic N) is 2. The fourth-order valence-corrected chi connectivity index (χ4v) is 2.30. The van der Waals surface area contributed by atoms with Gasteiger partial charge in [0.25, 0.3) is 0 Å². The topological polar surface area (TPSA) is 126 Å². The number of nitrogens with one attached hydrogen (secondary N) is 4. The molecule has 1 aromatic carbocycles. The van der Waals surface area contributed by atoms with Crippen molar-refractivity contribution in [3.05, 3.63) is 23.8 Å². The van der Waals surface area contributed by atoms with E-state index in [0.29, 0.717) is 17.9 Å². The molecule has 0 atom stereocenters. The zero-order valence-electron chi connectivity index (χ0n) is 20.6. The Balaban J connectivity index is 0. The van der Waals surface area contributed by atoms with Crippen LogP contribution >= 0.6 is 0 Å². The molecule has 5 N–H and O–H groups in total. The van der Waals surface area contributed by atoms with Crippen LogP contribution < -0.4 is 21.3 Å². The van der Waals surface area contributed by atoms with E-state index < -0.39 is 5.97 Å². The third-order valence-electron chi connectivity index (χ3n) is 3.80. The van der Waals surface area contributed by atoms with Crippen LogP contribution in [0.3, 0.4) is 0 Å². The van der Waals surface area contributed by atoms with E-state index in [1.807, 2.05) is 46.9 Å². The predicted molar refractivity (Wildman–Crippen MR) is 132 cm³/mol. The zero-order chi connectivity index (χ0) is 24.9. The SMILES string of the molecule is CC.CN(C)CCCNC=O.CNc1cc(NC(=O)NCCCN(C)C)cc(C(=O)O)c1. The van der Waals surface area contributed by atoms with Gasteiger partial charge in [0, 0.05) is 31.5 Å². The van der Waals surface area contributed by atoms with Gasteiger partial charge in [0.15, 0.2) is 0 Å². The molecule has 0 aliphatic rings. The minimum Gasteiger partial charge on any atom is -0.478 e. The van der Waals surface area contributed by atoms with Gasteiger partial charge in [-0.3, -0.25) is 4.79 Å². The Labute approximate surface area is 192 Å². The van der Waals surface area contributed by atoms with Gasteiger partial charge in [0.2, 0.25) is 6.41 Å². The summed E-state index contributed by atoms with van der Waals surface area (Å²) >= 11 is 0. The van der Waals surface area contributed by atoms with Crippen molar-refractivity contribution in [2.75, 3.05) is 72.1 Å². The Bertz CT molecular complexity index is 653. The lowest BCUT2D eigenvalue weighted by molar-refractivity contribution is -0.109. The summed E-state index contributed by atoms with van der Waals surface area (Å²) in [7, 11) is 9.65. The lowest BCUT2D eigenvalue weighted by Gasteiger charge is -2.12. The van der Waals surface area contributed by atoms with Gasteiger partial charge in [0.05, 0.1) is 5.56 Å². The van der Waals surface area contributed by atoms with Crippen molar-refractivity contribution in [2.24, 2.45) is 0 Å². The lowest BCUT2D eigenvalue weighted by atomic mass is 10.1. The fourth-order valence-electron chi connectivity index (χ4n) is 2.30. The van der Waals surface area contributed by atoms with Crippen molar-refractivity contribution < 1.29 is 19.5 Å². The first-order valence-corrected chi connectivity index (χ1v) is 10.8. The van der Waals surface area contributed by atoms with Gasteiger partial charge in [-0.15, -0.1) is 0 Å². The summed E-state index contributed by atoms with van der Waals surface area (Å²) in [5.74, 6) is -1.04. The molecule has 0 fully saturated rings. The molecule has 1 aromatic rings.